The van der Waals surface area contributed by atoms with Crippen molar-refractivity contribution in [3.05, 3.63) is 0 Å². The highest BCUT2D eigenvalue weighted by Gasteiger charge is 2.13. The van der Waals surface area contributed by atoms with E-state index in [1.165, 1.54) is 0 Å². The first-order valence-electron chi connectivity index (χ1n) is 1.85. The Morgan fingerprint density at radius 3 is 2.00 bits per heavy atom. The summed E-state index contributed by atoms with van der Waals surface area (Å²) in [4.78, 5) is 0. The van der Waals surface area contributed by atoms with E-state index in [0.717, 1.165) is 0 Å². The smallest absolute Gasteiger partial charge is 0.172 e. The van der Waals surface area contributed by atoms with Gasteiger partial charge in [0.25, 0.3) is 0 Å². The molecule has 0 aromatic rings. The van der Waals surface area contributed by atoms with E-state index in [9.17, 15) is 8.42 Å². The lowest BCUT2D eigenvalue weighted by molar-refractivity contribution is 0.552. The van der Waals surface area contributed by atoms with Crippen LogP contribution in [-0.2, 0) is 22.2 Å². The Hall–Kier alpha value is 0.510. The zero-order valence-electron chi connectivity index (χ0n) is 4.19. The lowest BCUT2D eigenvalue weighted by Crippen LogP contribution is -2.15. The van der Waals surface area contributed by atoms with Crippen LogP contribution in [0, 0.1) is 0 Å². The van der Waals surface area contributed by atoms with E-state index in [1.807, 2.05) is 0 Å². The predicted molar refractivity (Wildman–Crippen MR) is 36.1 cm³/mol. The lowest BCUT2D eigenvalue weighted by Gasteiger charge is -1.97. The Bertz CT molecular complexity index is 137. The summed E-state index contributed by atoms with van der Waals surface area (Å²) in [5.74, 6) is -0.384. The molecular formula is C2H5ClO4S2. The van der Waals surface area contributed by atoms with Gasteiger partial charge in [-0.05, 0) is 0 Å². The van der Waals surface area contributed by atoms with Crippen molar-refractivity contribution in [2.45, 2.75) is 4.71 Å². The van der Waals surface area contributed by atoms with Gasteiger partial charge in [-0.25, -0.2) is 8.42 Å². The Kier molecular flexibility index (Phi) is 4.59. The number of rotatable bonds is 3. The second kappa shape index (κ2) is 4.35. The molecule has 0 heterocycles. The molecule has 9 heavy (non-hydrogen) atoms. The van der Waals surface area contributed by atoms with Gasteiger partial charge in [0.2, 0.25) is 0 Å². The third kappa shape index (κ3) is 4.98. The average molecular weight is 193 g/mol. The summed E-state index contributed by atoms with van der Waals surface area (Å²) < 4.78 is 35.0. The second-order valence-electron chi connectivity index (χ2n) is 1.17. The van der Waals surface area contributed by atoms with Gasteiger partial charge in [0.1, 0.15) is 4.71 Å². The van der Waals surface area contributed by atoms with Gasteiger partial charge < -0.3 is 9.11 Å². The molecule has 4 nitrogen and oxygen atoms in total. The predicted octanol–water partition coefficient (Wildman–Crippen LogP) is -0.00530. The number of hydrogen-bond acceptors (Lipinski definition) is 2. The molecule has 0 saturated heterocycles. The normalized spacial score (nSPS) is 20.8. The molecule has 0 aliphatic carbocycles. The molecule has 0 aliphatic heterocycles. The van der Waals surface area contributed by atoms with Gasteiger partial charge in [-0.1, -0.05) is 0 Å². The largest absolute Gasteiger partial charge is 0.306 e. The highest BCUT2D eigenvalue weighted by molar-refractivity contribution is 7.84. The fraction of sp³-hybridized carbons (Fsp3) is 1.00. The molecule has 0 bridgehead atoms. The Balaban J connectivity index is 3.63. The summed E-state index contributed by atoms with van der Waals surface area (Å²) in [7, 11) is 0. The van der Waals surface area contributed by atoms with Crippen molar-refractivity contribution >= 4 is 33.8 Å². The quantitative estimate of drug-likeness (QED) is 0.488. The van der Waals surface area contributed by atoms with Crippen LogP contribution in [0.1, 0.15) is 0 Å². The zero-order valence-corrected chi connectivity index (χ0v) is 6.58. The first kappa shape index (κ1) is 9.51. The van der Waals surface area contributed by atoms with Crippen LogP contribution in [0.25, 0.3) is 0 Å². The summed E-state index contributed by atoms with van der Waals surface area (Å²) in [6, 6.07) is 0. The molecular weight excluding hydrogens is 188 g/mol. The number of halogens is 1. The number of hydrogen-bond donors (Lipinski definition) is 2. The van der Waals surface area contributed by atoms with Crippen LogP contribution in [-0.4, -0.2) is 28.0 Å². The Labute approximate surface area is 62.2 Å². The Morgan fingerprint density at radius 1 is 1.44 bits per heavy atom. The molecule has 56 valence electrons. The summed E-state index contributed by atoms with van der Waals surface area (Å²) in [5.41, 5.74) is 0. The van der Waals surface area contributed by atoms with E-state index in [-0.39, 0.29) is 5.75 Å². The minimum Gasteiger partial charge on any atom is -0.306 e. The highest BCUT2D eigenvalue weighted by Crippen LogP contribution is 2.00. The van der Waals surface area contributed by atoms with Gasteiger partial charge in [-0.15, -0.1) is 11.6 Å². The first-order chi connectivity index (χ1) is 4.04. The minimum atomic E-state index is -2.22. The zero-order chi connectivity index (χ0) is 7.44. The van der Waals surface area contributed by atoms with Gasteiger partial charge in [0.15, 0.2) is 22.2 Å². The molecule has 0 aromatic heterocycles. The van der Waals surface area contributed by atoms with E-state index in [4.69, 9.17) is 20.7 Å². The topological polar surface area (TPSA) is 74.6 Å². The van der Waals surface area contributed by atoms with Crippen molar-refractivity contribution < 1.29 is 17.5 Å². The van der Waals surface area contributed by atoms with Crippen LogP contribution in [0.3, 0.4) is 0 Å². The maximum atomic E-state index is 9.97. The van der Waals surface area contributed by atoms with Crippen molar-refractivity contribution in [1.82, 2.24) is 0 Å². The summed E-state index contributed by atoms with van der Waals surface area (Å²) in [5, 5.41) is 0. The van der Waals surface area contributed by atoms with Gasteiger partial charge in [-0.3, -0.25) is 0 Å². The molecule has 0 aliphatic rings. The van der Waals surface area contributed by atoms with Crippen LogP contribution in [0.15, 0.2) is 0 Å². The van der Waals surface area contributed by atoms with Gasteiger partial charge in [0.05, 0.1) is 5.75 Å². The van der Waals surface area contributed by atoms with Crippen molar-refractivity contribution in [2.24, 2.45) is 0 Å². The van der Waals surface area contributed by atoms with Crippen molar-refractivity contribution in [3.8, 4) is 0 Å². The molecule has 3 unspecified atom stereocenters. The van der Waals surface area contributed by atoms with E-state index < -0.39 is 26.9 Å². The van der Waals surface area contributed by atoms with Gasteiger partial charge >= 0.3 is 0 Å². The monoisotopic (exact) mass is 192 g/mol. The first-order valence-corrected chi connectivity index (χ1v) is 4.73. The molecule has 0 amide bonds. The maximum absolute atomic E-state index is 9.97. The van der Waals surface area contributed by atoms with Crippen LogP contribution in [0.4, 0.5) is 0 Å². The van der Waals surface area contributed by atoms with E-state index in [1.54, 1.807) is 0 Å². The summed E-state index contributed by atoms with van der Waals surface area (Å²) in [6.07, 6.45) is 0. The maximum Gasteiger partial charge on any atom is 0.172 e. The third-order valence-electron chi connectivity index (χ3n) is 0.492. The summed E-state index contributed by atoms with van der Waals surface area (Å²) in [6.45, 7) is 0. The Morgan fingerprint density at radius 2 is 1.89 bits per heavy atom. The van der Waals surface area contributed by atoms with Gasteiger partial charge in [0, 0.05) is 0 Å². The van der Waals surface area contributed by atoms with Crippen LogP contribution < -0.4 is 0 Å². The van der Waals surface area contributed by atoms with Crippen molar-refractivity contribution in [3.63, 3.8) is 0 Å². The molecule has 0 spiro atoms. The number of alkyl halides is 1. The standard InChI is InChI=1S/C2H5ClO4S2/c3-2(9(6)7)1-8(4)5/h2H,1H2,(H,4,5)(H,6,7). The minimum absolute atomic E-state index is 0.384. The van der Waals surface area contributed by atoms with Crippen LogP contribution in [0.2, 0.25) is 0 Å². The van der Waals surface area contributed by atoms with Crippen molar-refractivity contribution in [2.75, 3.05) is 5.75 Å². The molecule has 0 saturated carbocycles. The van der Waals surface area contributed by atoms with Gasteiger partial charge in [-0.2, -0.15) is 0 Å². The van der Waals surface area contributed by atoms with Crippen LogP contribution in [0.5, 0.6) is 0 Å². The highest BCUT2D eigenvalue weighted by atomic mass is 35.5. The third-order valence-corrected chi connectivity index (χ3v) is 2.72. The van der Waals surface area contributed by atoms with Crippen LogP contribution >= 0.6 is 11.6 Å². The fourth-order valence-corrected chi connectivity index (χ4v) is 1.53. The second-order valence-corrected chi connectivity index (χ2v) is 4.06. The average Bonchev–Trinajstić information content (AvgIpc) is 1.63. The molecule has 0 aromatic carbocycles. The van der Waals surface area contributed by atoms with E-state index in [0.29, 0.717) is 0 Å². The lowest BCUT2D eigenvalue weighted by atomic mass is 10.9. The molecule has 2 N–H and O–H groups in total. The molecule has 3 atom stereocenters. The molecule has 0 radical (unpaired) electrons. The fourth-order valence-electron chi connectivity index (χ4n) is 0.170. The SMILES string of the molecule is O=S(O)CC(Cl)S(=O)O. The molecule has 7 heteroatoms. The van der Waals surface area contributed by atoms with Crippen molar-refractivity contribution in [1.29, 1.82) is 0 Å². The summed E-state index contributed by atoms with van der Waals surface area (Å²) >= 11 is 0.788. The molecule has 0 fully saturated rings. The van der Waals surface area contributed by atoms with E-state index >= 15 is 0 Å². The molecule has 0 rings (SSSR count). The van der Waals surface area contributed by atoms with E-state index in [2.05, 4.69) is 0 Å².